The molecule has 3 amide bonds. The number of benzene rings is 2. The van der Waals surface area contributed by atoms with E-state index >= 15 is 0 Å². The Hall–Kier alpha value is -3.88. The van der Waals surface area contributed by atoms with Crippen molar-refractivity contribution < 1.29 is 28.7 Å². The van der Waals surface area contributed by atoms with Gasteiger partial charge >= 0.3 is 12.1 Å². The second kappa shape index (κ2) is 13.2. The van der Waals surface area contributed by atoms with Crippen LogP contribution in [-0.2, 0) is 30.3 Å². The van der Waals surface area contributed by atoms with Crippen molar-refractivity contribution in [1.29, 1.82) is 0 Å². The third-order valence-corrected chi connectivity index (χ3v) is 6.19. The summed E-state index contributed by atoms with van der Waals surface area (Å²) >= 11 is 0. The molecule has 0 radical (unpaired) electrons. The minimum absolute atomic E-state index is 0.173. The van der Waals surface area contributed by atoms with Crippen molar-refractivity contribution in [3.8, 4) is 0 Å². The van der Waals surface area contributed by atoms with Crippen molar-refractivity contribution in [1.82, 2.24) is 15.5 Å². The second-order valence-electron chi connectivity index (χ2n) is 12.5. The average Bonchev–Trinajstić information content (AvgIpc) is 3.69. The molecule has 0 bridgehead atoms. The molecule has 2 N–H and O–H groups in total. The number of hydrogen-bond donors (Lipinski definition) is 2. The SMILES string of the molecule is Cc1cccc(C(C(=O)NC(Cc2ccccc2)C(=O)OC(C)(C)C)N(C(=O)CNC(=O)OC(C)(C)C)C2CC2)c1. The van der Waals surface area contributed by atoms with Gasteiger partial charge in [-0.2, -0.15) is 0 Å². The van der Waals surface area contributed by atoms with Crippen LogP contribution in [0.25, 0.3) is 0 Å². The predicted molar refractivity (Wildman–Crippen MR) is 156 cm³/mol. The quantitative estimate of drug-likeness (QED) is 0.407. The molecule has 9 nitrogen and oxygen atoms in total. The minimum atomic E-state index is -1.02. The van der Waals surface area contributed by atoms with Gasteiger partial charge in [-0.3, -0.25) is 9.59 Å². The largest absolute Gasteiger partial charge is 0.458 e. The third-order valence-electron chi connectivity index (χ3n) is 6.19. The van der Waals surface area contributed by atoms with Crippen molar-refractivity contribution in [2.24, 2.45) is 0 Å². The molecule has 1 aliphatic carbocycles. The lowest BCUT2D eigenvalue weighted by Gasteiger charge is -2.33. The van der Waals surface area contributed by atoms with Crippen LogP contribution in [0.15, 0.2) is 54.6 Å². The molecule has 9 heteroatoms. The Bertz CT molecular complexity index is 1230. The second-order valence-corrected chi connectivity index (χ2v) is 12.5. The Morgan fingerprint density at radius 2 is 1.54 bits per heavy atom. The number of nitrogens with zero attached hydrogens (tertiary/aromatic N) is 1. The van der Waals surface area contributed by atoms with Crippen LogP contribution >= 0.6 is 0 Å². The number of esters is 1. The summed E-state index contributed by atoms with van der Waals surface area (Å²) in [6.45, 7) is 12.1. The number of aryl methyl sites for hydroxylation is 1. The number of rotatable bonds is 10. The van der Waals surface area contributed by atoms with Crippen LogP contribution in [0.2, 0.25) is 0 Å². The minimum Gasteiger partial charge on any atom is -0.458 e. The lowest BCUT2D eigenvalue weighted by Crippen LogP contribution is -2.52. The van der Waals surface area contributed by atoms with E-state index < -0.39 is 47.2 Å². The fourth-order valence-electron chi connectivity index (χ4n) is 4.41. The van der Waals surface area contributed by atoms with Crippen molar-refractivity contribution >= 4 is 23.9 Å². The highest BCUT2D eigenvalue weighted by atomic mass is 16.6. The number of alkyl carbamates (subject to hydrolysis) is 1. The molecule has 1 aliphatic rings. The fraction of sp³-hybridized carbons (Fsp3) is 0.500. The average molecular weight is 566 g/mol. The van der Waals surface area contributed by atoms with E-state index in [1.54, 1.807) is 47.6 Å². The molecule has 0 aromatic heterocycles. The van der Waals surface area contributed by atoms with Crippen LogP contribution in [-0.4, -0.2) is 58.6 Å². The Morgan fingerprint density at radius 3 is 2.10 bits per heavy atom. The van der Waals surface area contributed by atoms with E-state index in [1.807, 2.05) is 55.5 Å². The zero-order valence-electron chi connectivity index (χ0n) is 25.2. The smallest absolute Gasteiger partial charge is 0.408 e. The first-order valence-corrected chi connectivity index (χ1v) is 14.0. The van der Waals surface area contributed by atoms with E-state index in [1.165, 1.54) is 4.90 Å². The summed E-state index contributed by atoms with van der Waals surface area (Å²) < 4.78 is 10.9. The molecule has 0 spiro atoms. The van der Waals surface area contributed by atoms with E-state index in [-0.39, 0.29) is 19.0 Å². The fourth-order valence-corrected chi connectivity index (χ4v) is 4.41. The molecule has 2 unspecified atom stereocenters. The maximum atomic E-state index is 14.1. The number of amides is 3. The molecule has 41 heavy (non-hydrogen) atoms. The van der Waals surface area contributed by atoms with Gasteiger partial charge in [0.1, 0.15) is 29.8 Å². The van der Waals surface area contributed by atoms with Crippen molar-refractivity contribution in [2.45, 2.75) is 97.1 Å². The summed E-state index contributed by atoms with van der Waals surface area (Å²) in [5.74, 6) is -1.48. The highest BCUT2D eigenvalue weighted by molar-refractivity contribution is 5.93. The van der Waals surface area contributed by atoms with Crippen molar-refractivity contribution in [2.75, 3.05) is 6.54 Å². The number of nitrogens with one attached hydrogen (secondary N) is 2. The molecule has 1 saturated carbocycles. The summed E-state index contributed by atoms with van der Waals surface area (Å²) in [5.41, 5.74) is 0.914. The Labute approximate surface area is 243 Å². The highest BCUT2D eigenvalue weighted by Crippen LogP contribution is 2.35. The van der Waals surface area contributed by atoms with E-state index in [0.29, 0.717) is 5.56 Å². The van der Waals surface area contributed by atoms with Gasteiger partial charge < -0.3 is 25.0 Å². The number of ether oxygens (including phenoxy) is 2. The van der Waals surface area contributed by atoms with Gasteiger partial charge in [-0.25, -0.2) is 9.59 Å². The van der Waals surface area contributed by atoms with E-state index in [4.69, 9.17) is 9.47 Å². The summed E-state index contributed by atoms with van der Waals surface area (Å²) in [4.78, 5) is 54.7. The molecule has 222 valence electrons. The maximum Gasteiger partial charge on any atom is 0.408 e. The zero-order valence-corrected chi connectivity index (χ0v) is 25.2. The van der Waals surface area contributed by atoms with Crippen molar-refractivity contribution in [3.05, 3.63) is 71.3 Å². The van der Waals surface area contributed by atoms with Gasteiger partial charge in [-0.15, -0.1) is 0 Å². The standard InChI is InChI=1S/C32H43N3O6/c1-21-12-11-15-23(18-21)27(35(24-16-17-24)26(36)20-33-30(39)41-32(5,6)7)28(37)34-25(29(38)40-31(2,3)4)19-22-13-9-8-10-14-22/h8-15,18,24-25,27H,16-17,19-20H2,1-7H3,(H,33,39)(H,34,37). The molecular weight excluding hydrogens is 522 g/mol. The first-order valence-electron chi connectivity index (χ1n) is 14.0. The Kier molecular flexibility index (Phi) is 10.2. The van der Waals surface area contributed by atoms with Gasteiger partial charge in [0.25, 0.3) is 0 Å². The number of carbonyl (C=O) groups excluding carboxylic acids is 4. The van der Waals surface area contributed by atoms with Gasteiger partial charge in [-0.1, -0.05) is 60.2 Å². The topological polar surface area (TPSA) is 114 Å². The molecule has 0 saturated heterocycles. The molecule has 0 aliphatic heterocycles. The van der Waals surface area contributed by atoms with Crippen LogP contribution in [0.1, 0.15) is 77.1 Å². The van der Waals surface area contributed by atoms with Gasteiger partial charge in [-0.05, 0) is 72.4 Å². The van der Waals surface area contributed by atoms with Gasteiger partial charge in [0.05, 0.1) is 0 Å². The van der Waals surface area contributed by atoms with Crippen LogP contribution in [0.3, 0.4) is 0 Å². The molecule has 1 fully saturated rings. The summed E-state index contributed by atoms with van der Waals surface area (Å²) in [6, 6.07) is 14.6. The summed E-state index contributed by atoms with van der Waals surface area (Å²) in [6.07, 6.45) is 0.964. The maximum absolute atomic E-state index is 14.1. The summed E-state index contributed by atoms with van der Waals surface area (Å²) in [5, 5.41) is 5.42. The Morgan fingerprint density at radius 1 is 0.902 bits per heavy atom. The lowest BCUT2D eigenvalue weighted by molar-refractivity contribution is -0.159. The molecule has 2 atom stereocenters. The van der Waals surface area contributed by atoms with Gasteiger partial charge in [0.15, 0.2) is 0 Å². The normalized spacial score (nSPS) is 14.8. The third kappa shape index (κ3) is 10.2. The van der Waals surface area contributed by atoms with E-state index in [9.17, 15) is 19.2 Å². The molecule has 0 heterocycles. The monoisotopic (exact) mass is 565 g/mol. The van der Waals surface area contributed by atoms with Crippen LogP contribution in [0.4, 0.5) is 4.79 Å². The first kappa shape index (κ1) is 31.6. The highest BCUT2D eigenvalue weighted by Gasteiger charge is 2.42. The van der Waals surface area contributed by atoms with Gasteiger partial charge in [0, 0.05) is 12.5 Å². The predicted octanol–water partition coefficient (Wildman–Crippen LogP) is 4.62. The van der Waals surface area contributed by atoms with Crippen LogP contribution in [0, 0.1) is 6.92 Å². The molecule has 2 aromatic rings. The van der Waals surface area contributed by atoms with E-state index in [0.717, 1.165) is 24.0 Å². The molecular formula is C32H43N3O6. The summed E-state index contributed by atoms with van der Waals surface area (Å²) in [7, 11) is 0. The molecule has 2 aromatic carbocycles. The number of hydrogen-bond acceptors (Lipinski definition) is 6. The lowest BCUT2D eigenvalue weighted by atomic mass is 10.00. The zero-order chi connectivity index (χ0) is 30.4. The van der Waals surface area contributed by atoms with Crippen LogP contribution in [0.5, 0.6) is 0 Å². The Balaban J connectivity index is 1.91. The van der Waals surface area contributed by atoms with Crippen molar-refractivity contribution in [3.63, 3.8) is 0 Å². The first-order chi connectivity index (χ1) is 19.1. The van der Waals surface area contributed by atoms with Crippen LogP contribution < -0.4 is 10.6 Å². The van der Waals surface area contributed by atoms with E-state index in [2.05, 4.69) is 10.6 Å². The number of carbonyl (C=O) groups is 4. The van der Waals surface area contributed by atoms with Gasteiger partial charge in [0.2, 0.25) is 11.8 Å². The molecule has 3 rings (SSSR count).